The largest absolute Gasteiger partial charge is 0.380 e. The lowest BCUT2D eigenvalue weighted by molar-refractivity contribution is 0.117. The summed E-state index contributed by atoms with van der Waals surface area (Å²) in [6, 6.07) is 15.2. The fourth-order valence-corrected chi connectivity index (χ4v) is 5.94. The molecule has 1 fully saturated rings. The van der Waals surface area contributed by atoms with Gasteiger partial charge in [-0.1, -0.05) is 35.3 Å². The topological polar surface area (TPSA) is 67.2 Å². The minimum Gasteiger partial charge on any atom is -0.380 e. The van der Waals surface area contributed by atoms with Crippen molar-refractivity contribution in [2.24, 2.45) is 5.41 Å². The van der Waals surface area contributed by atoms with E-state index in [0.717, 1.165) is 5.56 Å². The monoisotopic (exact) mass is 409 g/mol. The van der Waals surface area contributed by atoms with Crippen LogP contribution in [0.15, 0.2) is 53.4 Å². The number of rotatable bonds is 6. The zero-order chi connectivity index (χ0) is 18.9. The highest BCUT2D eigenvalue weighted by molar-refractivity contribution is 7.92. The third-order valence-electron chi connectivity index (χ3n) is 4.72. The molecule has 3 atom stereocenters. The predicted octanol–water partition coefficient (Wildman–Crippen LogP) is 4.48. The predicted molar refractivity (Wildman–Crippen MR) is 101 cm³/mol. The lowest BCUT2D eigenvalue weighted by Gasteiger charge is -2.10. The number of halogens is 2. The van der Waals surface area contributed by atoms with Crippen LogP contribution in [0.25, 0.3) is 0 Å². The van der Waals surface area contributed by atoms with Gasteiger partial charge in [-0.15, -0.1) is 0 Å². The molecule has 4 nitrogen and oxygen atoms in total. The minimum absolute atomic E-state index is 0.0603. The second-order valence-electron chi connectivity index (χ2n) is 6.24. The van der Waals surface area contributed by atoms with Gasteiger partial charge in [0.15, 0.2) is 9.84 Å². The molecule has 1 aliphatic rings. The Morgan fingerprint density at radius 3 is 2.12 bits per heavy atom. The van der Waals surface area contributed by atoms with E-state index in [2.05, 4.69) is 6.07 Å². The molecule has 3 rings (SSSR count). The lowest BCUT2D eigenvalue weighted by atomic mass is 10.0. The van der Waals surface area contributed by atoms with Gasteiger partial charge in [0.05, 0.1) is 22.8 Å². The van der Waals surface area contributed by atoms with E-state index < -0.39 is 26.4 Å². The van der Waals surface area contributed by atoms with Gasteiger partial charge in [0.25, 0.3) is 0 Å². The Bertz CT molecular complexity index is 936. The van der Waals surface area contributed by atoms with Gasteiger partial charge < -0.3 is 4.74 Å². The average molecular weight is 410 g/mol. The Labute approximate surface area is 163 Å². The molecular weight excluding hydrogens is 393 g/mol. The van der Waals surface area contributed by atoms with Gasteiger partial charge in [0, 0.05) is 22.6 Å². The fraction of sp³-hybridized carbons (Fsp3) is 0.316. The van der Waals surface area contributed by atoms with Crippen LogP contribution in [0.4, 0.5) is 0 Å². The van der Waals surface area contributed by atoms with Crippen molar-refractivity contribution in [3.05, 3.63) is 64.1 Å². The minimum atomic E-state index is -3.73. The molecule has 0 spiro atoms. The second-order valence-corrected chi connectivity index (χ2v) is 9.18. The van der Waals surface area contributed by atoms with Gasteiger partial charge in [-0.2, -0.15) is 5.26 Å². The Hall–Kier alpha value is -1.58. The van der Waals surface area contributed by atoms with E-state index in [1.54, 1.807) is 24.3 Å². The maximum absolute atomic E-state index is 13.2. The third-order valence-corrected chi connectivity index (χ3v) is 7.51. The summed E-state index contributed by atoms with van der Waals surface area (Å²) in [4.78, 5) is 0.152. The lowest BCUT2D eigenvalue weighted by Crippen LogP contribution is -2.19. The van der Waals surface area contributed by atoms with Crippen LogP contribution in [0.5, 0.6) is 0 Å². The number of hydrogen-bond acceptors (Lipinski definition) is 4. The molecule has 0 heterocycles. The Morgan fingerprint density at radius 1 is 1.08 bits per heavy atom. The normalized spacial score (nSPS) is 24.8. The first kappa shape index (κ1) is 19.2. The van der Waals surface area contributed by atoms with E-state index in [1.165, 1.54) is 24.3 Å². The number of benzene rings is 2. The highest BCUT2D eigenvalue weighted by Gasteiger charge is 2.72. The number of sulfone groups is 1. The molecule has 136 valence electrons. The molecule has 0 unspecified atom stereocenters. The highest BCUT2D eigenvalue weighted by Crippen LogP contribution is 2.64. The van der Waals surface area contributed by atoms with Crippen LogP contribution < -0.4 is 0 Å². The first-order chi connectivity index (χ1) is 12.4. The van der Waals surface area contributed by atoms with Crippen molar-refractivity contribution in [3.8, 4) is 6.07 Å². The number of nitriles is 1. The third kappa shape index (κ3) is 3.23. The summed E-state index contributed by atoms with van der Waals surface area (Å²) in [5.74, 6) is -0.475. The number of nitrogens with zero attached hydrogens (tertiary/aromatic N) is 1. The summed E-state index contributed by atoms with van der Waals surface area (Å²) < 4.78 is 31.9. The van der Waals surface area contributed by atoms with Gasteiger partial charge in [-0.05, 0) is 48.9 Å². The number of ether oxygens (including phenoxy) is 1. The zero-order valence-electron chi connectivity index (χ0n) is 14.0. The number of hydrogen-bond donors (Lipinski definition) is 0. The molecule has 0 aromatic heterocycles. The van der Waals surface area contributed by atoms with Gasteiger partial charge in [-0.25, -0.2) is 8.42 Å². The summed E-state index contributed by atoms with van der Waals surface area (Å²) in [6.45, 7) is 2.28. The summed E-state index contributed by atoms with van der Waals surface area (Å²) >= 11 is 11.8. The first-order valence-corrected chi connectivity index (χ1v) is 10.4. The summed E-state index contributed by atoms with van der Waals surface area (Å²) in [5, 5.41) is 9.98. The van der Waals surface area contributed by atoms with Gasteiger partial charge >= 0.3 is 0 Å². The van der Waals surface area contributed by atoms with Crippen molar-refractivity contribution < 1.29 is 13.2 Å². The maximum Gasteiger partial charge on any atom is 0.183 e. The van der Waals surface area contributed by atoms with Crippen LogP contribution in [-0.2, 0) is 14.6 Å². The Kier molecular flexibility index (Phi) is 5.32. The molecular formula is C19H17Cl2NO3S. The molecule has 2 aromatic rings. The van der Waals surface area contributed by atoms with Crippen LogP contribution in [0.1, 0.15) is 18.4 Å². The standard InChI is InChI=1S/C19H17Cl2NO3S/c1-2-25-12-19(11-22)17(13-3-5-14(20)6-4-13)18(19)26(23,24)16-9-7-15(21)8-10-16/h3-10,17-18H,2,12H2,1H3/t17-,18+,19+/m0/s1. The molecule has 0 saturated heterocycles. The summed E-state index contributed by atoms with van der Waals surface area (Å²) in [6.07, 6.45) is 0. The van der Waals surface area contributed by atoms with Gasteiger partial charge in [0.2, 0.25) is 0 Å². The Balaban J connectivity index is 2.05. The molecule has 0 aliphatic heterocycles. The second kappa shape index (κ2) is 7.21. The van der Waals surface area contributed by atoms with E-state index in [-0.39, 0.29) is 11.5 Å². The van der Waals surface area contributed by atoms with E-state index >= 15 is 0 Å². The smallest absolute Gasteiger partial charge is 0.183 e. The van der Waals surface area contributed by atoms with E-state index in [1.807, 2.05) is 6.92 Å². The SMILES string of the molecule is CCOC[C@@]1(C#N)[C@H](S(=O)(=O)c2ccc(Cl)cc2)[C@@H]1c1ccc(Cl)cc1. The molecule has 0 N–H and O–H groups in total. The molecule has 1 saturated carbocycles. The van der Waals surface area contributed by atoms with E-state index in [4.69, 9.17) is 27.9 Å². The molecule has 0 radical (unpaired) electrons. The summed E-state index contributed by atoms with van der Waals surface area (Å²) in [7, 11) is -3.73. The highest BCUT2D eigenvalue weighted by atomic mass is 35.5. The van der Waals surface area contributed by atoms with E-state index in [9.17, 15) is 13.7 Å². The van der Waals surface area contributed by atoms with Crippen molar-refractivity contribution in [1.29, 1.82) is 5.26 Å². The van der Waals surface area contributed by atoms with Gasteiger partial charge in [0.1, 0.15) is 5.41 Å². The van der Waals surface area contributed by atoms with Crippen molar-refractivity contribution in [1.82, 2.24) is 0 Å². The van der Waals surface area contributed by atoms with Gasteiger partial charge in [-0.3, -0.25) is 0 Å². The van der Waals surface area contributed by atoms with Crippen molar-refractivity contribution in [2.45, 2.75) is 23.0 Å². The molecule has 0 bridgehead atoms. The molecule has 26 heavy (non-hydrogen) atoms. The molecule has 0 amide bonds. The van der Waals surface area contributed by atoms with Crippen molar-refractivity contribution >= 4 is 33.0 Å². The molecule has 2 aromatic carbocycles. The van der Waals surface area contributed by atoms with Crippen molar-refractivity contribution in [2.75, 3.05) is 13.2 Å². The van der Waals surface area contributed by atoms with Crippen LogP contribution in [-0.4, -0.2) is 26.9 Å². The summed E-state index contributed by atoms with van der Waals surface area (Å²) in [5.41, 5.74) is -0.360. The fourth-order valence-electron chi connectivity index (χ4n) is 3.38. The van der Waals surface area contributed by atoms with Crippen molar-refractivity contribution in [3.63, 3.8) is 0 Å². The Morgan fingerprint density at radius 2 is 1.62 bits per heavy atom. The van der Waals surface area contributed by atoms with Crippen LogP contribution in [0.2, 0.25) is 10.0 Å². The maximum atomic E-state index is 13.2. The molecule has 1 aliphatic carbocycles. The van der Waals surface area contributed by atoms with Crippen LogP contribution >= 0.6 is 23.2 Å². The first-order valence-electron chi connectivity index (χ1n) is 8.10. The average Bonchev–Trinajstić information content (AvgIpc) is 3.31. The zero-order valence-corrected chi connectivity index (χ0v) is 16.4. The van der Waals surface area contributed by atoms with Crippen LogP contribution in [0.3, 0.4) is 0 Å². The molecule has 7 heteroatoms. The van der Waals surface area contributed by atoms with E-state index in [0.29, 0.717) is 16.7 Å². The quantitative estimate of drug-likeness (QED) is 0.704. The van der Waals surface area contributed by atoms with Crippen LogP contribution in [0, 0.1) is 16.7 Å².